The molecule has 0 radical (unpaired) electrons. The van der Waals surface area contributed by atoms with Gasteiger partial charge in [0.2, 0.25) is 0 Å². The van der Waals surface area contributed by atoms with Gasteiger partial charge in [-0.05, 0) is 62.6 Å². The van der Waals surface area contributed by atoms with Crippen molar-refractivity contribution in [2.45, 2.75) is 0 Å². The zero-order valence-electron chi connectivity index (χ0n) is 21.9. The van der Waals surface area contributed by atoms with Crippen molar-refractivity contribution in [3.05, 3.63) is 72.3 Å². The maximum absolute atomic E-state index is 12.8. The zero-order chi connectivity index (χ0) is 26.5. The molecule has 10 heteroatoms. The third kappa shape index (κ3) is 6.27. The summed E-state index contributed by atoms with van der Waals surface area (Å²) in [7, 11) is 4.26. The van der Waals surface area contributed by atoms with Crippen molar-refractivity contribution in [3.63, 3.8) is 0 Å². The first-order valence-electron chi connectivity index (χ1n) is 13.0. The van der Waals surface area contributed by atoms with Gasteiger partial charge in [-0.1, -0.05) is 0 Å². The van der Waals surface area contributed by atoms with Crippen LogP contribution in [0.5, 0.6) is 0 Å². The fourth-order valence-corrected chi connectivity index (χ4v) is 4.64. The average molecular weight is 515 g/mol. The number of carbonyl (C=O) groups excluding carboxylic acids is 2. The minimum absolute atomic E-state index is 0.124. The fourth-order valence-electron chi connectivity index (χ4n) is 4.64. The Balaban J connectivity index is 1.17. The number of carbonyl (C=O) groups is 2. The number of nitrogens with zero attached hydrogens (tertiary/aromatic N) is 6. The van der Waals surface area contributed by atoms with Crippen LogP contribution in [0.2, 0.25) is 0 Å². The van der Waals surface area contributed by atoms with E-state index < -0.39 is 11.8 Å². The Bertz CT molecular complexity index is 1150. The van der Waals surface area contributed by atoms with Gasteiger partial charge in [0, 0.05) is 81.2 Å². The topological polar surface area (TPSA) is 96.9 Å². The highest BCUT2D eigenvalue weighted by Gasteiger charge is 2.17. The van der Waals surface area contributed by atoms with Gasteiger partial charge >= 0.3 is 0 Å². The summed E-state index contributed by atoms with van der Waals surface area (Å²) < 4.78 is 0. The second-order valence-electron chi connectivity index (χ2n) is 9.87. The van der Waals surface area contributed by atoms with Gasteiger partial charge in [-0.15, -0.1) is 0 Å². The second-order valence-corrected chi connectivity index (χ2v) is 9.87. The Morgan fingerprint density at radius 1 is 0.605 bits per heavy atom. The number of likely N-dealkylation sites (N-methyl/N-ethyl adjacent to an activating group) is 2. The SMILES string of the molecule is CN1CCN(c2ccc(NC(=O)c3cc(C(=O)Nc4ccc(N5CCN(C)CC5)cc4)ncn3)cc2)CC1. The van der Waals surface area contributed by atoms with Crippen molar-refractivity contribution >= 4 is 34.6 Å². The quantitative estimate of drug-likeness (QED) is 0.518. The zero-order valence-corrected chi connectivity index (χ0v) is 21.9. The Morgan fingerprint density at radius 3 is 1.34 bits per heavy atom. The van der Waals surface area contributed by atoms with Crippen LogP contribution in [0.15, 0.2) is 60.9 Å². The van der Waals surface area contributed by atoms with E-state index in [2.05, 4.69) is 54.3 Å². The molecule has 0 saturated carbocycles. The van der Waals surface area contributed by atoms with Gasteiger partial charge in [-0.25, -0.2) is 9.97 Å². The molecule has 0 bridgehead atoms. The van der Waals surface area contributed by atoms with Crippen LogP contribution in [0.4, 0.5) is 22.7 Å². The van der Waals surface area contributed by atoms with Crippen LogP contribution in [0.25, 0.3) is 0 Å². The van der Waals surface area contributed by atoms with Crippen molar-refractivity contribution in [1.29, 1.82) is 0 Å². The summed E-state index contributed by atoms with van der Waals surface area (Å²) in [6.07, 6.45) is 1.23. The van der Waals surface area contributed by atoms with Gasteiger partial charge in [0.1, 0.15) is 17.7 Å². The van der Waals surface area contributed by atoms with Crippen molar-refractivity contribution in [1.82, 2.24) is 19.8 Å². The van der Waals surface area contributed by atoms with Crippen molar-refractivity contribution < 1.29 is 9.59 Å². The smallest absolute Gasteiger partial charge is 0.274 e. The standard InChI is InChI=1S/C28H34N8O2/c1-33-11-15-35(16-12-33)23-7-3-21(4-8-23)31-27(37)25-19-26(30-20-29-25)28(38)32-22-5-9-24(10-6-22)36-17-13-34(2)14-18-36/h3-10,19-20H,11-18H2,1-2H3,(H,31,37)(H,32,38). The molecule has 2 fully saturated rings. The lowest BCUT2D eigenvalue weighted by molar-refractivity contribution is 0.102. The lowest BCUT2D eigenvalue weighted by atomic mass is 10.2. The van der Waals surface area contributed by atoms with Gasteiger partial charge in [-0.3, -0.25) is 9.59 Å². The van der Waals surface area contributed by atoms with Gasteiger partial charge in [0.05, 0.1) is 0 Å². The first kappa shape index (κ1) is 25.6. The molecule has 2 aromatic carbocycles. The van der Waals surface area contributed by atoms with Gasteiger partial charge in [0.25, 0.3) is 11.8 Å². The molecule has 2 aliphatic heterocycles. The number of hydrogen-bond acceptors (Lipinski definition) is 8. The molecule has 5 rings (SSSR count). The number of aromatic nitrogens is 2. The lowest BCUT2D eigenvalue weighted by Crippen LogP contribution is -2.44. The summed E-state index contributed by atoms with van der Waals surface area (Å²) in [4.78, 5) is 43.1. The highest BCUT2D eigenvalue weighted by atomic mass is 16.2. The molecule has 198 valence electrons. The number of benzene rings is 2. The molecular formula is C28H34N8O2. The molecule has 2 amide bonds. The van der Waals surface area contributed by atoms with E-state index >= 15 is 0 Å². The molecule has 2 saturated heterocycles. The molecule has 3 heterocycles. The number of hydrogen-bond donors (Lipinski definition) is 2. The van der Waals surface area contributed by atoms with Crippen LogP contribution in [-0.4, -0.2) is 98.0 Å². The highest BCUT2D eigenvalue weighted by Crippen LogP contribution is 2.21. The summed E-state index contributed by atoms with van der Waals surface area (Å²) in [6, 6.07) is 17.0. The highest BCUT2D eigenvalue weighted by molar-refractivity contribution is 6.07. The van der Waals surface area contributed by atoms with E-state index in [1.165, 1.54) is 12.4 Å². The summed E-state index contributed by atoms with van der Waals surface area (Å²) in [5.74, 6) is -0.796. The molecule has 38 heavy (non-hydrogen) atoms. The number of piperazine rings is 2. The molecule has 0 unspecified atom stereocenters. The number of nitrogens with one attached hydrogen (secondary N) is 2. The molecular weight excluding hydrogens is 480 g/mol. The summed E-state index contributed by atoms with van der Waals surface area (Å²) in [5.41, 5.74) is 3.84. The van der Waals surface area contributed by atoms with Crippen LogP contribution in [-0.2, 0) is 0 Å². The van der Waals surface area contributed by atoms with Crippen molar-refractivity contribution in [2.24, 2.45) is 0 Å². The second kappa shape index (κ2) is 11.6. The molecule has 10 nitrogen and oxygen atoms in total. The number of anilines is 4. The van der Waals surface area contributed by atoms with Crippen LogP contribution in [0.1, 0.15) is 21.0 Å². The molecule has 2 aliphatic rings. The van der Waals surface area contributed by atoms with Crippen LogP contribution in [0, 0.1) is 0 Å². The van der Waals surface area contributed by atoms with Crippen molar-refractivity contribution in [2.75, 3.05) is 86.9 Å². The van der Waals surface area contributed by atoms with E-state index in [0.29, 0.717) is 11.4 Å². The van der Waals surface area contributed by atoms with Gasteiger partial charge in [0.15, 0.2) is 0 Å². The normalized spacial score (nSPS) is 16.8. The maximum Gasteiger partial charge on any atom is 0.274 e. The summed E-state index contributed by atoms with van der Waals surface area (Å²) >= 11 is 0. The lowest BCUT2D eigenvalue weighted by Gasteiger charge is -2.34. The Labute approximate surface area is 223 Å². The Hall–Kier alpha value is -4.02. The van der Waals surface area contributed by atoms with Crippen LogP contribution >= 0.6 is 0 Å². The molecule has 0 aliphatic carbocycles. The summed E-state index contributed by atoms with van der Waals surface area (Å²) in [6.45, 7) is 8.05. The molecule has 2 N–H and O–H groups in total. The van der Waals surface area contributed by atoms with E-state index in [1.54, 1.807) is 0 Å². The van der Waals surface area contributed by atoms with E-state index in [4.69, 9.17) is 0 Å². The van der Waals surface area contributed by atoms with Crippen LogP contribution < -0.4 is 20.4 Å². The third-order valence-electron chi connectivity index (χ3n) is 7.12. The predicted octanol–water partition coefficient (Wildman–Crippen LogP) is 2.48. The molecule has 1 aromatic heterocycles. The monoisotopic (exact) mass is 514 g/mol. The van der Waals surface area contributed by atoms with Gasteiger partial charge in [-0.2, -0.15) is 0 Å². The minimum Gasteiger partial charge on any atom is -0.369 e. The largest absolute Gasteiger partial charge is 0.369 e. The minimum atomic E-state index is -0.398. The van der Waals surface area contributed by atoms with Crippen LogP contribution in [0.3, 0.4) is 0 Å². The Morgan fingerprint density at radius 2 is 0.974 bits per heavy atom. The molecule has 3 aromatic rings. The molecule has 0 spiro atoms. The maximum atomic E-state index is 12.8. The summed E-state index contributed by atoms with van der Waals surface area (Å²) in [5, 5.41) is 5.71. The van der Waals surface area contributed by atoms with E-state index in [1.807, 2.05) is 48.5 Å². The van der Waals surface area contributed by atoms with Gasteiger partial charge < -0.3 is 30.2 Å². The third-order valence-corrected chi connectivity index (χ3v) is 7.12. The molecule has 0 atom stereocenters. The number of amides is 2. The predicted molar refractivity (Wildman–Crippen MR) is 150 cm³/mol. The fraction of sp³-hybridized carbons (Fsp3) is 0.357. The van der Waals surface area contributed by atoms with E-state index in [0.717, 1.165) is 63.7 Å². The first-order valence-corrected chi connectivity index (χ1v) is 13.0. The Kier molecular flexibility index (Phi) is 7.81. The number of rotatable bonds is 6. The average Bonchev–Trinajstić information content (AvgIpc) is 2.95. The van der Waals surface area contributed by atoms with E-state index in [9.17, 15) is 9.59 Å². The van der Waals surface area contributed by atoms with Crippen molar-refractivity contribution in [3.8, 4) is 0 Å². The van der Waals surface area contributed by atoms with E-state index in [-0.39, 0.29) is 11.4 Å². The first-order chi connectivity index (χ1) is 18.4.